The number of nitrogen functional groups attached to an aromatic ring is 1. The molecule has 0 aliphatic carbocycles. The summed E-state index contributed by atoms with van der Waals surface area (Å²) in [5.41, 5.74) is 9.33. The monoisotopic (exact) mass is 571 g/mol. The van der Waals surface area contributed by atoms with Crippen LogP contribution in [0.4, 0.5) is 10.1 Å². The quantitative estimate of drug-likeness (QED) is 0.202. The lowest BCUT2D eigenvalue weighted by atomic mass is 9.97. The van der Waals surface area contributed by atoms with Gasteiger partial charge in [0.15, 0.2) is 5.43 Å². The largest absolute Gasteiger partial charge is 0.413 e. The van der Waals surface area contributed by atoms with Gasteiger partial charge in [0.2, 0.25) is 8.32 Å². The molecule has 0 spiro atoms. The van der Waals surface area contributed by atoms with Gasteiger partial charge < -0.3 is 19.8 Å². The number of benzene rings is 2. The zero-order chi connectivity index (χ0) is 28.4. The first-order valence-electron chi connectivity index (χ1n) is 13.7. The molecule has 0 bridgehead atoms. The second-order valence-corrected chi connectivity index (χ2v) is 17.4. The van der Waals surface area contributed by atoms with Gasteiger partial charge >= 0.3 is 0 Å². The van der Waals surface area contributed by atoms with E-state index in [1.807, 2.05) is 0 Å². The van der Waals surface area contributed by atoms with Crippen molar-refractivity contribution in [2.45, 2.75) is 70.4 Å². The number of hydrogen-bond acceptors (Lipinski definition) is 5. The Labute approximate surface area is 235 Å². The number of anilines is 1. The van der Waals surface area contributed by atoms with Crippen molar-refractivity contribution in [2.75, 3.05) is 25.4 Å². The topological polar surface area (TPSA) is 80.5 Å². The van der Waals surface area contributed by atoms with Crippen molar-refractivity contribution in [1.29, 1.82) is 0 Å². The van der Waals surface area contributed by atoms with E-state index in [9.17, 15) is 14.3 Å². The zero-order valence-electron chi connectivity index (χ0n) is 23.6. The molecule has 2 fully saturated rings. The van der Waals surface area contributed by atoms with Gasteiger partial charge in [-0.3, -0.25) is 9.69 Å². The van der Waals surface area contributed by atoms with Crippen molar-refractivity contribution in [3.8, 4) is 0 Å². The SMILES string of the molecule is CC(O)c1cn(C(CO[Si]2(C)C3CN3CC2(C)C)C(C)C)c2cc(N)c(Cc3cccc(Cl)c3F)cc2c1=O. The first-order chi connectivity index (χ1) is 18.2. The van der Waals surface area contributed by atoms with E-state index in [0.717, 1.165) is 13.1 Å². The summed E-state index contributed by atoms with van der Waals surface area (Å²) in [6, 6.07) is 8.33. The molecule has 2 aliphatic heterocycles. The molecule has 39 heavy (non-hydrogen) atoms. The average molecular weight is 572 g/mol. The van der Waals surface area contributed by atoms with Crippen LogP contribution in [0.15, 0.2) is 41.3 Å². The van der Waals surface area contributed by atoms with Crippen molar-refractivity contribution >= 4 is 36.5 Å². The fraction of sp³-hybridized carbons (Fsp3) is 0.500. The number of aromatic nitrogens is 1. The van der Waals surface area contributed by atoms with Crippen molar-refractivity contribution in [1.82, 2.24) is 9.47 Å². The third-order valence-corrected chi connectivity index (χ3v) is 14.9. The summed E-state index contributed by atoms with van der Waals surface area (Å²) in [5.74, 6) is -0.302. The number of pyridine rings is 1. The number of hydrogen-bond donors (Lipinski definition) is 2. The molecule has 9 heteroatoms. The standard InChI is InChI=1S/C30H39ClFN3O3Si/c1-17(2)26(15-38-39(6)27-14-34(27)16-30(39,4)5)35-13-22(18(3)36)29(37)21-11-20(24(33)12-25(21)35)10-19-8-7-9-23(31)28(19)32/h7-9,11-13,17-18,26-27,36H,10,14-16,33H2,1-6H3. The van der Waals surface area contributed by atoms with Gasteiger partial charge in [-0.1, -0.05) is 51.4 Å². The van der Waals surface area contributed by atoms with Crippen LogP contribution in [0.25, 0.3) is 10.9 Å². The van der Waals surface area contributed by atoms with Crippen LogP contribution in [0.3, 0.4) is 0 Å². The van der Waals surface area contributed by atoms with Gasteiger partial charge in [-0.05, 0) is 53.8 Å². The maximum Gasteiger partial charge on any atom is 0.214 e. The molecule has 3 N–H and O–H groups in total. The van der Waals surface area contributed by atoms with E-state index in [-0.39, 0.29) is 33.9 Å². The maximum atomic E-state index is 14.7. The second-order valence-electron chi connectivity index (χ2n) is 12.5. The fourth-order valence-corrected chi connectivity index (χ4v) is 10.3. The summed E-state index contributed by atoms with van der Waals surface area (Å²) >= 11 is 6.00. The highest BCUT2D eigenvalue weighted by molar-refractivity contribution is 6.78. The summed E-state index contributed by atoms with van der Waals surface area (Å²) in [4.78, 5) is 16.1. The van der Waals surface area contributed by atoms with E-state index < -0.39 is 20.2 Å². The number of nitrogens with two attached hydrogens (primary N) is 1. The summed E-state index contributed by atoms with van der Waals surface area (Å²) in [6.45, 7) is 15.6. The summed E-state index contributed by atoms with van der Waals surface area (Å²) in [5, 5.41) is 11.2. The first-order valence-corrected chi connectivity index (χ1v) is 16.6. The number of aliphatic hydroxyl groups excluding tert-OH is 1. The molecular formula is C30H39ClFN3O3Si. The van der Waals surface area contributed by atoms with Crippen LogP contribution < -0.4 is 11.2 Å². The minimum absolute atomic E-state index is 0.0439. The van der Waals surface area contributed by atoms with Crippen LogP contribution in [0.1, 0.15) is 63.5 Å². The Bertz CT molecular complexity index is 1490. The highest BCUT2D eigenvalue weighted by Gasteiger charge is 2.66. The molecule has 1 aromatic heterocycles. The molecule has 2 aliphatic rings. The summed E-state index contributed by atoms with van der Waals surface area (Å²) in [7, 11) is -2.04. The van der Waals surface area contributed by atoms with Crippen molar-refractivity contribution in [2.24, 2.45) is 5.92 Å². The van der Waals surface area contributed by atoms with E-state index in [1.165, 1.54) is 6.07 Å². The Morgan fingerprint density at radius 3 is 2.59 bits per heavy atom. The van der Waals surface area contributed by atoms with E-state index in [2.05, 4.69) is 43.7 Å². The molecule has 5 atom stereocenters. The van der Waals surface area contributed by atoms with Crippen LogP contribution in [0.2, 0.25) is 16.6 Å². The molecule has 2 saturated heterocycles. The minimum atomic E-state index is -2.04. The van der Waals surface area contributed by atoms with Crippen molar-refractivity contribution < 1.29 is 13.9 Å². The molecule has 0 radical (unpaired) electrons. The highest BCUT2D eigenvalue weighted by Crippen LogP contribution is 2.54. The molecular weight excluding hydrogens is 533 g/mol. The molecule has 3 heterocycles. The van der Waals surface area contributed by atoms with Gasteiger partial charge in [0, 0.05) is 48.0 Å². The maximum absolute atomic E-state index is 14.7. The zero-order valence-corrected chi connectivity index (χ0v) is 25.3. The van der Waals surface area contributed by atoms with Gasteiger partial charge in [0.25, 0.3) is 0 Å². The molecule has 2 aromatic carbocycles. The van der Waals surface area contributed by atoms with Gasteiger partial charge in [0.05, 0.1) is 29.3 Å². The van der Waals surface area contributed by atoms with Gasteiger partial charge in [-0.2, -0.15) is 0 Å². The molecule has 6 nitrogen and oxygen atoms in total. The Hall–Kier alpha value is -2.23. The number of nitrogens with zero attached hydrogens (tertiary/aromatic N) is 2. The Balaban J connectivity index is 1.59. The lowest BCUT2D eigenvalue weighted by Gasteiger charge is -2.39. The van der Waals surface area contributed by atoms with Crippen LogP contribution in [0.5, 0.6) is 0 Å². The molecule has 0 amide bonds. The van der Waals surface area contributed by atoms with Crippen LogP contribution in [0, 0.1) is 11.7 Å². The van der Waals surface area contributed by atoms with Crippen LogP contribution in [-0.4, -0.2) is 48.3 Å². The highest BCUT2D eigenvalue weighted by atomic mass is 35.5. The fourth-order valence-electron chi connectivity index (χ4n) is 6.23. The third-order valence-electron chi connectivity index (χ3n) is 9.16. The number of aliphatic hydroxyl groups is 1. The molecule has 5 rings (SSSR count). The molecule has 210 valence electrons. The van der Waals surface area contributed by atoms with E-state index >= 15 is 0 Å². The predicted octanol–water partition coefficient (Wildman–Crippen LogP) is 5.83. The molecule has 3 aromatic rings. The van der Waals surface area contributed by atoms with Gasteiger partial charge in [-0.25, -0.2) is 4.39 Å². The Morgan fingerprint density at radius 1 is 1.26 bits per heavy atom. The predicted molar refractivity (Wildman–Crippen MR) is 158 cm³/mol. The third kappa shape index (κ3) is 4.84. The van der Waals surface area contributed by atoms with Crippen LogP contribution in [-0.2, 0) is 10.8 Å². The number of rotatable bonds is 8. The summed E-state index contributed by atoms with van der Waals surface area (Å²) in [6.07, 6.45) is 1.01. The lowest BCUT2D eigenvalue weighted by Crippen LogP contribution is -2.50. The average Bonchev–Trinajstić information content (AvgIpc) is 3.58. The molecule has 5 unspecified atom stereocenters. The summed E-state index contributed by atoms with van der Waals surface area (Å²) < 4.78 is 23.7. The smallest absolute Gasteiger partial charge is 0.214 e. The van der Waals surface area contributed by atoms with Gasteiger partial charge in [0.1, 0.15) is 5.82 Å². The second kappa shape index (κ2) is 10.00. The van der Waals surface area contributed by atoms with Crippen molar-refractivity contribution in [3.63, 3.8) is 0 Å². The first kappa shape index (κ1) is 28.3. The van der Waals surface area contributed by atoms with Crippen molar-refractivity contribution in [3.05, 3.63) is 74.3 Å². The Morgan fingerprint density at radius 2 is 1.97 bits per heavy atom. The van der Waals surface area contributed by atoms with E-state index in [4.69, 9.17) is 21.8 Å². The van der Waals surface area contributed by atoms with E-state index in [0.29, 0.717) is 45.6 Å². The minimum Gasteiger partial charge on any atom is -0.413 e. The van der Waals surface area contributed by atoms with Gasteiger partial charge in [-0.15, -0.1) is 0 Å². The molecule has 0 saturated carbocycles. The number of fused-ring (bicyclic) bond motifs is 2. The number of halogens is 2. The lowest BCUT2D eigenvalue weighted by molar-refractivity contribution is 0.187. The van der Waals surface area contributed by atoms with Crippen LogP contribution >= 0.6 is 11.6 Å². The van der Waals surface area contributed by atoms with E-state index in [1.54, 1.807) is 37.4 Å². The normalized spacial score (nSPS) is 25.2. The Kier molecular flexibility index (Phi) is 7.25.